The molecular weight excluding hydrogens is 330 g/mol. The third kappa shape index (κ3) is 4.65. The molecule has 0 aliphatic rings. The van der Waals surface area contributed by atoms with E-state index in [0.717, 1.165) is 10.0 Å². The van der Waals surface area contributed by atoms with Crippen LogP contribution in [0.1, 0.15) is 28.8 Å². The molecule has 7 heteroatoms. The van der Waals surface area contributed by atoms with Gasteiger partial charge in [-0.25, -0.2) is 4.79 Å². The van der Waals surface area contributed by atoms with E-state index >= 15 is 0 Å². The van der Waals surface area contributed by atoms with Gasteiger partial charge in [0.25, 0.3) is 5.91 Å². The van der Waals surface area contributed by atoms with Crippen molar-refractivity contribution in [3.63, 3.8) is 0 Å². The number of amides is 1. The van der Waals surface area contributed by atoms with Gasteiger partial charge >= 0.3 is 11.9 Å². The highest BCUT2D eigenvalue weighted by molar-refractivity contribution is 9.10. The van der Waals surface area contributed by atoms with E-state index in [4.69, 9.17) is 10.2 Å². The number of carbonyl (C=O) groups is 3. The number of benzene rings is 1. The first-order valence-corrected chi connectivity index (χ1v) is 6.62. The normalized spacial score (nSPS) is 11.7. The summed E-state index contributed by atoms with van der Waals surface area (Å²) in [5.74, 6) is -2.91. The molecule has 0 bridgehead atoms. The Kier molecular flexibility index (Phi) is 5.69. The molecule has 0 spiro atoms. The maximum atomic E-state index is 11.9. The van der Waals surface area contributed by atoms with Crippen LogP contribution < -0.4 is 5.32 Å². The zero-order valence-electron chi connectivity index (χ0n) is 10.7. The third-order valence-corrected chi connectivity index (χ3v) is 3.56. The minimum absolute atomic E-state index is 0.161. The van der Waals surface area contributed by atoms with Crippen LogP contribution in [0.3, 0.4) is 0 Å². The Labute approximate surface area is 123 Å². The zero-order chi connectivity index (χ0) is 15.3. The number of hydrogen-bond donors (Lipinski definition) is 3. The number of halogens is 1. The molecule has 3 N–H and O–H groups in total. The molecule has 6 nitrogen and oxygen atoms in total. The van der Waals surface area contributed by atoms with E-state index in [1.165, 1.54) is 0 Å². The molecule has 20 heavy (non-hydrogen) atoms. The predicted octanol–water partition coefficient (Wildman–Crippen LogP) is 1.81. The molecule has 1 aromatic carbocycles. The van der Waals surface area contributed by atoms with Crippen LogP contribution in [0.5, 0.6) is 0 Å². The maximum absolute atomic E-state index is 11.9. The number of carboxylic acids is 2. The van der Waals surface area contributed by atoms with Crippen molar-refractivity contribution in [1.82, 2.24) is 5.32 Å². The number of nitrogens with one attached hydrogen (secondary N) is 1. The summed E-state index contributed by atoms with van der Waals surface area (Å²) in [7, 11) is 0. The molecule has 1 atom stereocenters. The van der Waals surface area contributed by atoms with Crippen molar-refractivity contribution < 1.29 is 24.6 Å². The number of aliphatic carboxylic acids is 2. The number of rotatable bonds is 6. The van der Waals surface area contributed by atoms with Crippen molar-refractivity contribution >= 4 is 33.8 Å². The first-order valence-electron chi connectivity index (χ1n) is 5.83. The molecule has 0 aliphatic heterocycles. The summed E-state index contributed by atoms with van der Waals surface area (Å²) in [6, 6.07) is 3.65. The van der Waals surface area contributed by atoms with Crippen molar-refractivity contribution in [2.24, 2.45) is 0 Å². The lowest BCUT2D eigenvalue weighted by Gasteiger charge is -2.14. The van der Waals surface area contributed by atoms with Crippen molar-refractivity contribution in [1.29, 1.82) is 0 Å². The van der Waals surface area contributed by atoms with Crippen LogP contribution in [-0.2, 0) is 9.59 Å². The second kappa shape index (κ2) is 7.04. The summed E-state index contributed by atoms with van der Waals surface area (Å²) in [5, 5.41) is 19.8. The first kappa shape index (κ1) is 16.2. The fourth-order valence-electron chi connectivity index (χ4n) is 1.55. The molecule has 108 valence electrons. The predicted molar refractivity (Wildman–Crippen MR) is 74.6 cm³/mol. The van der Waals surface area contributed by atoms with Gasteiger partial charge in [-0.3, -0.25) is 9.59 Å². The van der Waals surface area contributed by atoms with Crippen molar-refractivity contribution in [2.45, 2.75) is 25.8 Å². The van der Waals surface area contributed by atoms with Crippen LogP contribution in [0.2, 0.25) is 0 Å². The quantitative estimate of drug-likeness (QED) is 0.730. The highest BCUT2D eigenvalue weighted by atomic mass is 79.9. The van der Waals surface area contributed by atoms with E-state index in [0.29, 0.717) is 5.56 Å². The largest absolute Gasteiger partial charge is 0.481 e. The average molecular weight is 344 g/mol. The van der Waals surface area contributed by atoms with Crippen LogP contribution in [0, 0.1) is 6.92 Å². The van der Waals surface area contributed by atoms with E-state index in [-0.39, 0.29) is 12.8 Å². The molecule has 0 saturated heterocycles. The second-order valence-electron chi connectivity index (χ2n) is 4.26. The molecule has 1 unspecified atom stereocenters. The minimum atomic E-state index is -1.26. The van der Waals surface area contributed by atoms with Gasteiger partial charge in [0.05, 0.1) is 0 Å². The SMILES string of the molecule is Cc1cc(C(=O)NC(CCC(=O)O)C(=O)O)ccc1Br. The lowest BCUT2D eigenvalue weighted by Crippen LogP contribution is -2.41. The smallest absolute Gasteiger partial charge is 0.326 e. The van der Waals surface area contributed by atoms with Crippen LogP contribution >= 0.6 is 15.9 Å². The lowest BCUT2D eigenvalue weighted by atomic mass is 10.1. The van der Waals surface area contributed by atoms with Crippen LogP contribution in [-0.4, -0.2) is 34.1 Å². The first-order chi connectivity index (χ1) is 9.31. The van der Waals surface area contributed by atoms with Crippen molar-refractivity contribution in [3.8, 4) is 0 Å². The fraction of sp³-hybridized carbons (Fsp3) is 0.308. The third-order valence-electron chi connectivity index (χ3n) is 2.67. The topological polar surface area (TPSA) is 104 Å². The van der Waals surface area contributed by atoms with Crippen molar-refractivity contribution in [3.05, 3.63) is 33.8 Å². The maximum Gasteiger partial charge on any atom is 0.326 e. The Morgan fingerprint density at radius 1 is 1.30 bits per heavy atom. The Morgan fingerprint density at radius 2 is 1.95 bits per heavy atom. The van der Waals surface area contributed by atoms with Gasteiger partial charge in [-0.15, -0.1) is 0 Å². The lowest BCUT2D eigenvalue weighted by molar-refractivity contribution is -0.140. The van der Waals surface area contributed by atoms with Gasteiger partial charge in [-0.2, -0.15) is 0 Å². The number of hydrogen-bond acceptors (Lipinski definition) is 3. The molecule has 0 saturated carbocycles. The van der Waals surface area contributed by atoms with Gasteiger partial charge in [0, 0.05) is 16.5 Å². The highest BCUT2D eigenvalue weighted by Crippen LogP contribution is 2.17. The van der Waals surface area contributed by atoms with Crippen LogP contribution in [0.4, 0.5) is 0 Å². The van der Waals surface area contributed by atoms with E-state index < -0.39 is 23.9 Å². The Balaban J connectivity index is 2.77. The van der Waals surface area contributed by atoms with Crippen molar-refractivity contribution in [2.75, 3.05) is 0 Å². The van der Waals surface area contributed by atoms with Gasteiger partial charge in [0.15, 0.2) is 0 Å². The van der Waals surface area contributed by atoms with E-state index in [9.17, 15) is 14.4 Å². The summed E-state index contributed by atoms with van der Waals surface area (Å²) in [6.45, 7) is 1.81. The highest BCUT2D eigenvalue weighted by Gasteiger charge is 2.21. The monoisotopic (exact) mass is 343 g/mol. The second-order valence-corrected chi connectivity index (χ2v) is 5.11. The Morgan fingerprint density at radius 3 is 2.45 bits per heavy atom. The standard InChI is InChI=1S/C13H14BrNO5/c1-7-6-8(2-3-9(7)14)12(18)15-10(13(19)20)4-5-11(16)17/h2-3,6,10H,4-5H2,1H3,(H,15,18)(H,16,17)(H,19,20). The molecule has 0 aromatic heterocycles. The minimum Gasteiger partial charge on any atom is -0.481 e. The molecule has 1 rings (SSSR count). The van der Waals surface area contributed by atoms with Crippen LogP contribution in [0.15, 0.2) is 22.7 Å². The average Bonchev–Trinajstić information content (AvgIpc) is 2.36. The molecule has 0 heterocycles. The summed E-state index contributed by atoms with van der Waals surface area (Å²) >= 11 is 3.30. The zero-order valence-corrected chi connectivity index (χ0v) is 12.3. The van der Waals surface area contributed by atoms with Gasteiger partial charge in [-0.05, 0) is 37.1 Å². The molecule has 1 amide bonds. The summed E-state index contributed by atoms with van der Waals surface area (Å²) in [4.78, 5) is 33.4. The van der Waals surface area contributed by atoms with E-state index in [2.05, 4.69) is 21.2 Å². The summed E-state index contributed by atoms with van der Waals surface area (Å²) in [5.41, 5.74) is 1.17. The Bertz CT molecular complexity index is 544. The summed E-state index contributed by atoms with van der Waals surface area (Å²) < 4.78 is 0.842. The van der Waals surface area contributed by atoms with Gasteiger partial charge in [0.2, 0.25) is 0 Å². The van der Waals surface area contributed by atoms with Gasteiger partial charge < -0.3 is 15.5 Å². The number of carboxylic acid groups (broad SMARTS) is 2. The molecule has 1 aromatic rings. The Hall–Kier alpha value is -1.89. The number of carbonyl (C=O) groups excluding carboxylic acids is 1. The molecule has 0 radical (unpaired) electrons. The molecule has 0 aliphatic carbocycles. The van der Waals surface area contributed by atoms with Gasteiger partial charge in [-0.1, -0.05) is 15.9 Å². The van der Waals surface area contributed by atoms with E-state index in [1.54, 1.807) is 25.1 Å². The fourth-order valence-corrected chi connectivity index (χ4v) is 1.80. The summed E-state index contributed by atoms with van der Waals surface area (Å²) in [6.07, 6.45) is -0.484. The van der Waals surface area contributed by atoms with Crippen LogP contribution in [0.25, 0.3) is 0 Å². The number of aryl methyl sites for hydroxylation is 1. The van der Waals surface area contributed by atoms with Gasteiger partial charge in [0.1, 0.15) is 6.04 Å². The molecular formula is C13H14BrNO5. The molecule has 0 fully saturated rings. The van der Waals surface area contributed by atoms with E-state index in [1.807, 2.05) is 0 Å².